The number of amides is 2. The van der Waals surface area contributed by atoms with Crippen molar-refractivity contribution in [1.82, 2.24) is 10.2 Å². The number of halogens is 1. The zero-order valence-corrected chi connectivity index (χ0v) is 20.8. The number of rotatable bonds is 6. The van der Waals surface area contributed by atoms with E-state index in [9.17, 15) is 32.6 Å². The molecule has 9 nitrogen and oxygen atoms in total. The molecule has 0 aliphatic carbocycles. The van der Waals surface area contributed by atoms with Crippen LogP contribution in [0.15, 0.2) is 71.6 Å². The smallest absolute Gasteiger partial charge is 0.252 e. The van der Waals surface area contributed by atoms with Crippen LogP contribution in [-0.4, -0.2) is 67.8 Å². The van der Waals surface area contributed by atoms with E-state index in [4.69, 9.17) is 0 Å². The maximum Gasteiger partial charge on any atom is 0.252 e. The fourth-order valence-electron chi connectivity index (χ4n) is 4.21. The molecule has 0 aromatic heterocycles. The van der Waals surface area contributed by atoms with Gasteiger partial charge in [-0.25, -0.2) is 12.8 Å². The van der Waals surface area contributed by atoms with E-state index in [1.54, 1.807) is 40.1 Å². The highest BCUT2D eigenvalue weighted by Crippen LogP contribution is 2.28. The molecular weight excluding hydrogens is 501 g/mol. The Morgan fingerprint density at radius 1 is 0.919 bits per heavy atom. The molecule has 0 unspecified atom stereocenters. The SMILES string of the molecule is CS(=O)(=O)c1cc(F)ccc1N1CCN(C(=O)[C@H](NC(=O)c2ccc(O)c(O)c2)c2ccccc2)CC1. The highest BCUT2D eigenvalue weighted by Gasteiger charge is 2.31. The van der Waals surface area contributed by atoms with Crippen molar-refractivity contribution in [2.45, 2.75) is 10.9 Å². The van der Waals surface area contributed by atoms with Crippen molar-refractivity contribution in [3.05, 3.63) is 83.7 Å². The van der Waals surface area contributed by atoms with Crippen molar-refractivity contribution in [1.29, 1.82) is 0 Å². The summed E-state index contributed by atoms with van der Waals surface area (Å²) in [7, 11) is -3.67. The topological polar surface area (TPSA) is 127 Å². The van der Waals surface area contributed by atoms with Crippen molar-refractivity contribution in [2.24, 2.45) is 0 Å². The van der Waals surface area contributed by atoms with Crippen LogP contribution >= 0.6 is 0 Å². The van der Waals surface area contributed by atoms with Gasteiger partial charge in [-0.15, -0.1) is 0 Å². The van der Waals surface area contributed by atoms with Gasteiger partial charge in [-0.3, -0.25) is 9.59 Å². The maximum atomic E-state index is 13.7. The summed E-state index contributed by atoms with van der Waals surface area (Å²) in [5.41, 5.74) is 0.999. The Kier molecular flexibility index (Phi) is 7.35. The van der Waals surface area contributed by atoms with E-state index in [1.165, 1.54) is 24.3 Å². The number of piperazine rings is 1. The van der Waals surface area contributed by atoms with Gasteiger partial charge in [0.1, 0.15) is 11.9 Å². The third-order valence-corrected chi connectivity index (χ3v) is 7.27. The number of nitrogens with one attached hydrogen (secondary N) is 1. The Balaban J connectivity index is 1.53. The average molecular weight is 528 g/mol. The van der Waals surface area contributed by atoms with Crippen LogP contribution in [0.1, 0.15) is 22.0 Å². The Morgan fingerprint density at radius 3 is 2.22 bits per heavy atom. The molecule has 11 heteroatoms. The monoisotopic (exact) mass is 527 g/mol. The first-order valence-corrected chi connectivity index (χ1v) is 13.3. The van der Waals surface area contributed by atoms with E-state index in [-0.39, 0.29) is 35.2 Å². The summed E-state index contributed by atoms with van der Waals surface area (Å²) in [5, 5.41) is 22.0. The molecule has 2 amide bonds. The fraction of sp³-hybridized carbons (Fsp3) is 0.231. The van der Waals surface area contributed by atoms with Crippen molar-refractivity contribution >= 4 is 27.3 Å². The number of hydrogen-bond acceptors (Lipinski definition) is 7. The zero-order valence-electron chi connectivity index (χ0n) is 20.0. The lowest BCUT2D eigenvalue weighted by atomic mass is 10.0. The van der Waals surface area contributed by atoms with Gasteiger partial charge in [-0.1, -0.05) is 30.3 Å². The molecule has 3 aromatic carbocycles. The van der Waals surface area contributed by atoms with Crippen molar-refractivity contribution < 1.29 is 32.6 Å². The molecule has 3 N–H and O–H groups in total. The summed E-state index contributed by atoms with van der Waals surface area (Å²) in [6.45, 7) is 1.11. The Hall–Kier alpha value is -4.12. The summed E-state index contributed by atoms with van der Waals surface area (Å²) in [6.07, 6.45) is 1.02. The number of anilines is 1. The molecule has 0 spiro atoms. The molecule has 37 heavy (non-hydrogen) atoms. The number of carbonyl (C=O) groups is 2. The number of phenols is 2. The molecule has 0 radical (unpaired) electrons. The predicted molar refractivity (Wildman–Crippen MR) is 135 cm³/mol. The lowest BCUT2D eigenvalue weighted by Gasteiger charge is -2.38. The Morgan fingerprint density at radius 2 is 1.59 bits per heavy atom. The van der Waals surface area contributed by atoms with Crippen LogP contribution in [-0.2, 0) is 14.6 Å². The van der Waals surface area contributed by atoms with Gasteiger partial charge in [0.05, 0.1) is 10.6 Å². The molecule has 1 saturated heterocycles. The van der Waals surface area contributed by atoms with Crippen LogP contribution < -0.4 is 10.2 Å². The first-order valence-electron chi connectivity index (χ1n) is 11.5. The standard InChI is InChI=1S/C26H26FN3O6S/c1-37(35,36)23-16-19(27)8-9-20(23)29-11-13-30(14-12-29)26(34)24(17-5-3-2-4-6-17)28-25(33)18-7-10-21(31)22(32)15-18/h2-10,15-16,24,31-32H,11-14H2,1H3,(H,28,33)/t24-/m1/s1. The lowest BCUT2D eigenvalue weighted by molar-refractivity contribution is -0.133. The van der Waals surface area contributed by atoms with Gasteiger partial charge in [0, 0.05) is 38.0 Å². The number of aromatic hydroxyl groups is 2. The summed E-state index contributed by atoms with van der Waals surface area (Å²) in [4.78, 5) is 29.7. The number of phenolic OH excluding ortho intramolecular Hbond substituents is 2. The molecule has 1 fully saturated rings. The van der Waals surface area contributed by atoms with Gasteiger partial charge < -0.3 is 25.3 Å². The molecule has 1 aliphatic rings. The molecular formula is C26H26FN3O6S. The molecule has 1 aliphatic heterocycles. The van der Waals surface area contributed by atoms with Crippen LogP contribution in [0.25, 0.3) is 0 Å². The van der Waals surface area contributed by atoms with E-state index >= 15 is 0 Å². The maximum absolute atomic E-state index is 13.7. The minimum absolute atomic E-state index is 0.0680. The molecule has 0 bridgehead atoms. The van der Waals surface area contributed by atoms with E-state index < -0.39 is 33.4 Å². The summed E-state index contributed by atoms with van der Waals surface area (Å²) >= 11 is 0. The van der Waals surface area contributed by atoms with Gasteiger partial charge in [-0.2, -0.15) is 0 Å². The first kappa shape index (κ1) is 26.0. The highest BCUT2D eigenvalue weighted by molar-refractivity contribution is 7.90. The third-order valence-electron chi connectivity index (χ3n) is 6.15. The second-order valence-corrected chi connectivity index (χ2v) is 10.7. The predicted octanol–water partition coefficient (Wildman–Crippen LogP) is 2.46. The van der Waals surface area contributed by atoms with Gasteiger partial charge in [0.2, 0.25) is 5.91 Å². The van der Waals surface area contributed by atoms with E-state index in [2.05, 4.69) is 5.32 Å². The number of carbonyl (C=O) groups excluding carboxylic acids is 2. The number of sulfone groups is 1. The van der Waals surface area contributed by atoms with E-state index in [0.717, 1.165) is 18.4 Å². The van der Waals surface area contributed by atoms with Gasteiger partial charge >= 0.3 is 0 Å². The van der Waals surface area contributed by atoms with Crippen LogP contribution in [0.3, 0.4) is 0 Å². The van der Waals surface area contributed by atoms with Crippen molar-refractivity contribution in [3.63, 3.8) is 0 Å². The molecule has 0 saturated carbocycles. The second kappa shape index (κ2) is 10.5. The number of benzene rings is 3. The summed E-state index contributed by atoms with van der Waals surface area (Å²) < 4.78 is 38.1. The van der Waals surface area contributed by atoms with Gasteiger partial charge in [-0.05, 0) is 42.0 Å². The minimum atomic E-state index is -3.67. The quantitative estimate of drug-likeness (QED) is 0.420. The largest absolute Gasteiger partial charge is 0.504 e. The molecule has 194 valence electrons. The average Bonchev–Trinajstić information content (AvgIpc) is 2.88. The fourth-order valence-corrected chi connectivity index (χ4v) is 5.11. The highest BCUT2D eigenvalue weighted by atomic mass is 32.2. The molecule has 1 atom stereocenters. The molecule has 3 aromatic rings. The second-order valence-electron chi connectivity index (χ2n) is 8.72. The van der Waals surface area contributed by atoms with E-state index in [0.29, 0.717) is 24.3 Å². The lowest BCUT2D eigenvalue weighted by Crippen LogP contribution is -2.52. The Labute approximate surface area is 213 Å². The molecule has 1 heterocycles. The number of nitrogens with zero attached hydrogens (tertiary/aromatic N) is 2. The zero-order chi connectivity index (χ0) is 26.7. The number of hydrogen-bond donors (Lipinski definition) is 3. The van der Waals surface area contributed by atoms with Gasteiger partial charge in [0.15, 0.2) is 21.3 Å². The molecule has 4 rings (SSSR count). The summed E-state index contributed by atoms with van der Waals surface area (Å²) in [5.74, 6) is -2.45. The van der Waals surface area contributed by atoms with Crippen LogP contribution in [0.5, 0.6) is 11.5 Å². The van der Waals surface area contributed by atoms with Crippen LogP contribution in [0.2, 0.25) is 0 Å². The van der Waals surface area contributed by atoms with Crippen LogP contribution in [0, 0.1) is 5.82 Å². The van der Waals surface area contributed by atoms with Gasteiger partial charge in [0.25, 0.3) is 5.91 Å². The third kappa shape index (κ3) is 5.83. The van der Waals surface area contributed by atoms with Crippen molar-refractivity contribution in [2.75, 3.05) is 37.3 Å². The van der Waals surface area contributed by atoms with Crippen molar-refractivity contribution in [3.8, 4) is 11.5 Å². The van der Waals surface area contributed by atoms with Crippen LogP contribution in [0.4, 0.5) is 10.1 Å². The summed E-state index contributed by atoms with van der Waals surface area (Å²) in [6, 6.07) is 14.9. The van der Waals surface area contributed by atoms with E-state index in [1.807, 2.05) is 0 Å². The minimum Gasteiger partial charge on any atom is -0.504 e. The Bertz CT molecular complexity index is 1420. The first-order chi connectivity index (χ1) is 17.5. The normalized spacial score (nSPS) is 14.8.